The maximum atomic E-state index is 13.4. The molecule has 0 bridgehead atoms. The van der Waals surface area contributed by atoms with E-state index in [4.69, 9.17) is 0 Å². The summed E-state index contributed by atoms with van der Waals surface area (Å²) in [5.74, 6) is -0.456. The molecule has 3 rings (SSSR count). The Morgan fingerprint density at radius 1 is 1.15 bits per heavy atom. The zero-order valence-electron chi connectivity index (χ0n) is 15.4. The molecule has 1 atom stereocenters. The number of carbonyl (C=O) groups excluding carboxylic acids is 1. The van der Waals surface area contributed by atoms with Crippen molar-refractivity contribution < 1.29 is 18.0 Å². The molecule has 8 heteroatoms. The summed E-state index contributed by atoms with van der Waals surface area (Å²) in [7, 11) is 0. The number of piperazine rings is 1. The molecular weight excluding hydrogens is 357 g/mol. The molecular formula is C19H27F3N4O. The molecule has 27 heavy (non-hydrogen) atoms. The maximum Gasteiger partial charge on any atom is 0.405 e. The van der Waals surface area contributed by atoms with E-state index < -0.39 is 24.7 Å². The van der Waals surface area contributed by atoms with E-state index in [1.807, 2.05) is 6.07 Å². The Bertz CT molecular complexity index is 626. The number of nitrogens with one attached hydrogen (secondary N) is 2. The lowest BCUT2D eigenvalue weighted by Gasteiger charge is -2.35. The van der Waals surface area contributed by atoms with Crippen molar-refractivity contribution in [3.63, 3.8) is 0 Å². The van der Waals surface area contributed by atoms with Gasteiger partial charge >= 0.3 is 6.18 Å². The van der Waals surface area contributed by atoms with Crippen molar-refractivity contribution in [3.05, 3.63) is 35.4 Å². The smallest absolute Gasteiger partial charge is 0.350 e. The third kappa shape index (κ3) is 5.67. The molecule has 2 heterocycles. The van der Waals surface area contributed by atoms with Crippen molar-refractivity contribution in [3.8, 4) is 0 Å². The topological polar surface area (TPSA) is 47.6 Å². The lowest BCUT2D eigenvalue weighted by atomic mass is 10.1. The number of amides is 1. The number of hydrogen-bond acceptors (Lipinski definition) is 4. The van der Waals surface area contributed by atoms with Crippen LogP contribution >= 0.6 is 0 Å². The Morgan fingerprint density at radius 3 is 2.52 bits per heavy atom. The van der Waals surface area contributed by atoms with E-state index in [2.05, 4.69) is 15.5 Å². The molecule has 1 unspecified atom stereocenters. The van der Waals surface area contributed by atoms with Crippen LogP contribution in [-0.2, 0) is 6.54 Å². The predicted molar refractivity (Wildman–Crippen MR) is 97.6 cm³/mol. The van der Waals surface area contributed by atoms with E-state index >= 15 is 0 Å². The van der Waals surface area contributed by atoms with Crippen LogP contribution in [0.5, 0.6) is 0 Å². The zero-order chi connectivity index (χ0) is 19.3. The highest BCUT2D eigenvalue weighted by Gasteiger charge is 2.43. The fourth-order valence-corrected chi connectivity index (χ4v) is 3.75. The lowest BCUT2D eigenvalue weighted by molar-refractivity contribution is -0.183. The average molecular weight is 384 g/mol. The van der Waals surface area contributed by atoms with Crippen LogP contribution in [0.3, 0.4) is 0 Å². The Labute approximate surface area is 157 Å². The highest BCUT2D eigenvalue weighted by Crippen LogP contribution is 2.25. The molecule has 0 saturated carbocycles. The van der Waals surface area contributed by atoms with Gasteiger partial charge in [0, 0.05) is 44.8 Å². The molecule has 0 spiro atoms. The van der Waals surface area contributed by atoms with Crippen LogP contribution in [0.4, 0.5) is 13.2 Å². The maximum absolute atomic E-state index is 13.4. The first-order chi connectivity index (χ1) is 12.9. The molecule has 2 aliphatic heterocycles. The zero-order valence-corrected chi connectivity index (χ0v) is 15.4. The first-order valence-corrected chi connectivity index (χ1v) is 9.54. The number of benzene rings is 1. The van der Waals surface area contributed by atoms with Crippen molar-refractivity contribution in [1.29, 1.82) is 0 Å². The lowest BCUT2D eigenvalue weighted by Crippen LogP contribution is -2.57. The van der Waals surface area contributed by atoms with Gasteiger partial charge in [0.05, 0.1) is 0 Å². The fourth-order valence-electron chi connectivity index (χ4n) is 3.75. The van der Waals surface area contributed by atoms with Crippen molar-refractivity contribution in [1.82, 2.24) is 20.4 Å². The van der Waals surface area contributed by atoms with E-state index in [9.17, 15) is 18.0 Å². The third-order valence-electron chi connectivity index (χ3n) is 5.22. The monoisotopic (exact) mass is 384 g/mol. The van der Waals surface area contributed by atoms with Crippen LogP contribution in [0, 0.1) is 0 Å². The van der Waals surface area contributed by atoms with Crippen molar-refractivity contribution >= 4 is 5.91 Å². The van der Waals surface area contributed by atoms with Gasteiger partial charge in [-0.05, 0) is 43.6 Å². The van der Waals surface area contributed by atoms with E-state index in [1.54, 1.807) is 18.2 Å². The summed E-state index contributed by atoms with van der Waals surface area (Å²) in [5, 5.41) is 5.54. The number of rotatable bonds is 6. The summed E-state index contributed by atoms with van der Waals surface area (Å²) < 4.78 is 40.3. The largest absolute Gasteiger partial charge is 0.405 e. The summed E-state index contributed by atoms with van der Waals surface area (Å²) in [4.78, 5) is 16.1. The van der Waals surface area contributed by atoms with Crippen molar-refractivity contribution in [2.24, 2.45) is 0 Å². The average Bonchev–Trinajstić information content (AvgIpc) is 3.15. The van der Waals surface area contributed by atoms with E-state index in [0.717, 1.165) is 25.2 Å². The number of carbonyl (C=O) groups is 1. The minimum Gasteiger partial charge on any atom is -0.350 e. The first kappa shape index (κ1) is 20.1. The fraction of sp³-hybridized carbons (Fsp3) is 0.632. The van der Waals surface area contributed by atoms with Crippen LogP contribution < -0.4 is 10.6 Å². The van der Waals surface area contributed by atoms with Crippen LogP contribution in [0.15, 0.2) is 24.3 Å². The summed E-state index contributed by atoms with van der Waals surface area (Å²) in [6, 6.07) is 5.51. The summed E-state index contributed by atoms with van der Waals surface area (Å²) in [6.07, 6.45) is -2.00. The second kappa shape index (κ2) is 9.03. The van der Waals surface area contributed by atoms with Crippen LogP contribution in [0.25, 0.3) is 0 Å². The Morgan fingerprint density at radius 2 is 1.85 bits per heavy atom. The molecule has 1 amide bonds. The van der Waals surface area contributed by atoms with Gasteiger partial charge in [-0.25, -0.2) is 0 Å². The molecule has 2 fully saturated rings. The molecule has 1 aromatic rings. The van der Waals surface area contributed by atoms with Gasteiger partial charge in [0.1, 0.15) is 6.04 Å². The highest BCUT2D eigenvalue weighted by molar-refractivity contribution is 5.94. The normalized spacial score (nSPS) is 20.6. The molecule has 150 valence electrons. The molecule has 1 aromatic carbocycles. The summed E-state index contributed by atoms with van der Waals surface area (Å²) in [5.41, 5.74) is 1.42. The van der Waals surface area contributed by atoms with Crippen LogP contribution in [0.1, 0.15) is 28.8 Å². The van der Waals surface area contributed by atoms with Gasteiger partial charge in [-0.1, -0.05) is 12.1 Å². The Balaban J connectivity index is 1.59. The van der Waals surface area contributed by atoms with Gasteiger partial charge in [0.2, 0.25) is 0 Å². The van der Waals surface area contributed by atoms with Gasteiger partial charge in [-0.3, -0.25) is 14.6 Å². The van der Waals surface area contributed by atoms with Crippen molar-refractivity contribution in [2.45, 2.75) is 31.6 Å². The second-order valence-electron chi connectivity index (χ2n) is 7.24. The second-order valence-corrected chi connectivity index (χ2v) is 7.24. The molecule has 2 aliphatic rings. The first-order valence-electron chi connectivity index (χ1n) is 9.54. The molecule has 2 saturated heterocycles. The molecule has 0 aliphatic carbocycles. The number of hydrogen-bond donors (Lipinski definition) is 2. The molecule has 0 radical (unpaired) electrons. The van der Waals surface area contributed by atoms with E-state index in [-0.39, 0.29) is 0 Å². The van der Waals surface area contributed by atoms with Gasteiger partial charge in [-0.2, -0.15) is 13.2 Å². The minimum absolute atomic E-state index is 0.325. The van der Waals surface area contributed by atoms with E-state index in [0.29, 0.717) is 31.7 Å². The minimum atomic E-state index is -4.37. The SMILES string of the molecule is O=C(NCC(N1CCNCC1)C(F)(F)F)c1cccc(CN2CCCC2)c1. The summed E-state index contributed by atoms with van der Waals surface area (Å²) in [6.45, 7) is 4.14. The summed E-state index contributed by atoms with van der Waals surface area (Å²) >= 11 is 0. The number of nitrogens with zero attached hydrogens (tertiary/aromatic N) is 2. The van der Waals surface area contributed by atoms with Crippen LogP contribution in [0.2, 0.25) is 0 Å². The Hall–Kier alpha value is -1.64. The molecule has 2 N–H and O–H groups in total. The quantitative estimate of drug-likeness (QED) is 0.786. The highest BCUT2D eigenvalue weighted by atomic mass is 19.4. The predicted octanol–water partition coefficient (Wildman–Crippen LogP) is 1.85. The van der Waals surface area contributed by atoms with E-state index in [1.165, 1.54) is 17.7 Å². The van der Waals surface area contributed by atoms with Gasteiger partial charge < -0.3 is 10.6 Å². The number of alkyl halides is 3. The van der Waals surface area contributed by atoms with Crippen LogP contribution in [-0.4, -0.2) is 73.7 Å². The third-order valence-corrected chi connectivity index (χ3v) is 5.22. The number of halogens is 3. The van der Waals surface area contributed by atoms with Gasteiger partial charge in [0.15, 0.2) is 0 Å². The van der Waals surface area contributed by atoms with Crippen molar-refractivity contribution in [2.75, 3.05) is 45.8 Å². The standard InChI is InChI=1S/C19H27F3N4O/c20-19(21,22)17(26-10-6-23-7-11-26)13-24-18(27)16-5-3-4-15(12-16)14-25-8-1-2-9-25/h3-5,12,17,23H,1-2,6-11,13-14H2,(H,24,27). The Kier molecular flexibility index (Phi) is 6.73. The molecule has 0 aromatic heterocycles. The van der Waals surface area contributed by atoms with Gasteiger partial charge in [-0.15, -0.1) is 0 Å². The molecule has 5 nitrogen and oxygen atoms in total. The van der Waals surface area contributed by atoms with Gasteiger partial charge in [0.25, 0.3) is 5.91 Å². The number of likely N-dealkylation sites (tertiary alicyclic amines) is 1.